The van der Waals surface area contributed by atoms with E-state index in [-0.39, 0.29) is 0 Å². The SMILES string of the molecule is CN(CCC(=O)N1CCNCC1)C1CCN(Cc2ccccc2)CC1. The lowest BCUT2D eigenvalue weighted by atomic mass is 10.0. The molecule has 5 nitrogen and oxygen atoms in total. The number of likely N-dealkylation sites (tertiary alicyclic amines) is 1. The van der Waals surface area contributed by atoms with E-state index >= 15 is 0 Å². The highest BCUT2D eigenvalue weighted by molar-refractivity contribution is 5.76. The van der Waals surface area contributed by atoms with Gasteiger partial charge in [0.25, 0.3) is 0 Å². The zero-order valence-corrected chi connectivity index (χ0v) is 15.5. The van der Waals surface area contributed by atoms with Crippen LogP contribution in [0.3, 0.4) is 0 Å². The van der Waals surface area contributed by atoms with Crippen LogP contribution in [0, 0.1) is 0 Å². The fraction of sp³-hybridized carbons (Fsp3) is 0.650. The number of amides is 1. The molecule has 138 valence electrons. The molecule has 1 N–H and O–H groups in total. The Bertz CT molecular complexity index is 522. The Morgan fingerprint density at radius 1 is 1.12 bits per heavy atom. The minimum absolute atomic E-state index is 0.315. The van der Waals surface area contributed by atoms with Gasteiger partial charge in [-0.2, -0.15) is 0 Å². The minimum atomic E-state index is 0.315. The molecule has 2 aliphatic rings. The summed E-state index contributed by atoms with van der Waals surface area (Å²) < 4.78 is 0. The van der Waals surface area contributed by atoms with Gasteiger partial charge in [-0.15, -0.1) is 0 Å². The summed E-state index contributed by atoms with van der Waals surface area (Å²) in [6.45, 7) is 7.82. The van der Waals surface area contributed by atoms with Gasteiger partial charge in [0, 0.05) is 51.7 Å². The van der Waals surface area contributed by atoms with Gasteiger partial charge in [-0.1, -0.05) is 30.3 Å². The highest BCUT2D eigenvalue weighted by Crippen LogP contribution is 2.18. The molecule has 0 atom stereocenters. The smallest absolute Gasteiger partial charge is 0.223 e. The Morgan fingerprint density at radius 3 is 2.48 bits per heavy atom. The molecule has 2 fully saturated rings. The van der Waals surface area contributed by atoms with Crippen molar-refractivity contribution in [2.24, 2.45) is 0 Å². The molecular formula is C20H32N4O. The van der Waals surface area contributed by atoms with Gasteiger partial charge < -0.3 is 15.1 Å². The average Bonchev–Trinajstić information content (AvgIpc) is 2.68. The first-order valence-corrected chi connectivity index (χ1v) is 9.67. The lowest BCUT2D eigenvalue weighted by Crippen LogP contribution is -2.48. The molecule has 1 aromatic rings. The third-order valence-electron chi connectivity index (χ3n) is 5.58. The fourth-order valence-corrected chi connectivity index (χ4v) is 3.89. The minimum Gasteiger partial charge on any atom is -0.340 e. The summed E-state index contributed by atoms with van der Waals surface area (Å²) in [6, 6.07) is 11.3. The topological polar surface area (TPSA) is 38.8 Å². The van der Waals surface area contributed by atoms with E-state index in [0.717, 1.165) is 52.4 Å². The first-order valence-electron chi connectivity index (χ1n) is 9.67. The van der Waals surface area contributed by atoms with Gasteiger partial charge in [0.2, 0.25) is 5.91 Å². The number of piperazine rings is 1. The van der Waals surface area contributed by atoms with Crippen LogP contribution in [0.25, 0.3) is 0 Å². The monoisotopic (exact) mass is 344 g/mol. The van der Waals surface area contributed by atoms with Gasteiger partial charge in [-0.3, -0.25) is 9.69 Å². The van der Waals surface area contributed by atoms with Gasteiger partial charge in [0.05, 0.1) is 0 Å². The quantitative estimate of drug-likeness (QED) is 0.847. The van der Waals surface area contributed by atoms with Crippen molar-refractivity contribution in [3.63, 3.8) is 0 Å². The summed E-state index contributed by atoms with van der Waals surface area (Å²) in [4.78, 5) is 19.3. The van der Waals surface area contributed by atoms with E-state index in [2.05, 4.69) is 52.5 Å². The average molecular weight is 345 g/mol. The van der Waals surface area contributed by atoms with Crippen LogP contribution < -0.4 is 5.32 Å². The largest absolute Gasteiger partial charge is 0.340 e. The Kier molecular flexibility index (Phi) is 6.84. The van der Waals surface area contributed by atoms with Gasteiger partial charge in [-0.25, -0.2) is 0 Å². The molecule has 0 saturated carbocycles. The zero-order valence-electron chi connectivity index (χ0n) is 15.5. The molecule has 2 aliphatic heterocycles. The van der Waals surface area contributed by atoms with E-state index < -0.39 is 0 Å². The number of piperidine rings is 1. The predicted molar refractivity (Wildman–Crippen MR) is 101 cm³/mol. The van der Waals surface area contributed by atoms with E-state index in [4.69, 9.17) is 0 Å². The summed E-state index contributed by atoms with van der Waals surface area (Å²) in [7, 11) is 2.18. The number of benzene rings is 1. The molecule has 0 radical (unpaired) electrons. The van der Waals surface area contributed by atoms with Crippen LogP contribution in [-0.4, -0.2) is 79.5 Å². The summed E-state index contributed by atoms with van der Waals surface area (Å²) in [5.41, 5.74) is 1.40. The van der Waals surface area contributed by atoms with Gasteiger partial charge in [0.15, 0.2) is 0 Å². The van der Waals surface area contributed by atoms with Crippen molar-refractivity contribution in [1.82, 2.24) is 20.0 Å². The molecule has 2 saturated heterocycles. The highest BCUT2D eigenvalue weighted by atomic mass is 16.2. The normalized spacial score (nSPS) is 20.2. The number of carbonyl (C=O) groups excluding carboxylic acids is 1. The Balaban J connectivity index is 1.36. The van der Waals surface area contributed by atoms with Crippen LogP contribution in [0.1, 0.15) is 24.8 Å². The van der Waals surface area contributed by atoms with Crippen molar-refractivity contribution in [3.05, 3.63) is 35.9 Å². The molecule has 2 heterocycles. The van der Waals surface area contributed by atoms with E-state index in [1.165, 1.54) is 18.4 Å². The molecule has 5 heteroatoms. The number of carbonyl (C=O) groups is 1. The van der Waals surface area contributed by atoms with Gasteiger partial charge >= 0.3 is 0 Å². The number of nitrogens with one attached hydrogen (secondary N) is 1. The summed E-state index contributed by atoms with van der Waals surface area (Å²) >= 11 is 0. The van der Waals surface area contributed by atoms with Gasteiger partial charge in [0.1, 0.15) is 0 Å². The van der Waals surface area contributed by atoms with Crippen LogP contribution in [0.15, 0.2) is 30.3 Å². The lowest BCUT2D eigenvalue weighted by molar-refractivity contribution is -0.132. The molecule has 0 bridgehead atoms. The van der Waals surface area contributed by atoms with E-state index in [9.17, 15) is 4.79 Å². The van der Waals surface area contributed by atoms with Crippen molar-refractivity contribution in [3.8, 4) is 0 Å². The number of hydrogen-bond donors (Lipinski definition) is 1. The molecular weight excluding hydrogens is 312 g/mol. The predicted octanol–water partition coefficient (Wildman–Crippen LogP) is 1.40. The Hall–Kier alpha value is -1.43. The van der Waals surface area contributed by atoms with Crippen LogP contribution >= 0.6 is 0 Å². The first kappa shape index (κ1) is 18.4. The van der Waals surface area contributed by atoms with Crippen LogP contribution in [0.2, 0.25) is 0 Å². The zero-order chi connectivity index (χ0) is 17.5. The second-order valence-electron chi connectivity index (χ2n) is 7.35. The van der Waals surface area contributed by atoms with E-state index in [0.29, 0.717) is 18.4 Å². The van der Waals surface area contributed by atoms with Crippen LogP contribution in [-0.2, 0) is 11.3 Å². The lowest BCUT2D eigenvalue weighted by Gasteiger charge is -2.37. The molecule has 0 unspecified atom stereocenters. The van der Waals surface area contributed by atoms with Gasteiger partial charge in [-0.05, 0) is 38.5 Å². The molecule has 0 spiro atoms. The van der Waals surface area contributed by atoms with Crippen LogP contribution in [0.4, 0.5) is 0 Å². The molecule has 0 aromatic heterocycles. The standard InChI is InChI=1S/C20H32N4O/c1-22(12-9-20(25)24-15-10-21-11-16-24)19-7-13-23(14-8-19)17-18-5-3-2-4-6-18/h2-6,19,21H,7-17H2,1H3. The molecule has 3 rings (SSSR count). The van der Waals surface area contributed by atoms with E-state index in [1.807, 2.05) is 4.90 Å². The summed E-state index contributed by atoms with van der Waals surface area (Å²) in [6.07, 6.45) is 3.05. The first-order chi connectivity index (χ1) is 12.2. The fourth-order valence-electron chi connectivity index (χ4n) is 3.89. The van der Waals surface area contributed by atoms with Crippen molar-refractivity contribution in [2.75, 3.05) is 52.9 Å². The Labute approximate surface area is 152 Å². The van der Waals surface area contributed by atoms with Crippen molar-refractivity contribution in [2.45, 2.75) is 31.8 Å². The number of rotatable bonds is 6. The Morgan fingerprint density at radius 2 is 1.80 bits per heavy atom. The van der Waals surface area contributed by atoms with E-state index in [1.54, 1.807) is 0 Å². The summed E-state index contributed by atoms with van der Waals surface area (Å²) in [5.74, 6) is 0.315. The van der Waals surface area contributed by atoms with Crippen molar-refractivity contribution >= 4 is 5.91 Å². The molecule has 0 aliphatic carbocycles. The second-order valence-corrected chi connectivity index (χ2v) is 7.35. The third-order valence-corrected chi connectivity index (χ3v) is 5.58. The molecule has 25 heavy (non-hydrogen) atoms. The molecule has 1 amide bonds. The number of hydrogen-bond acceptors (Lipinski definition) is 4. The second kappa shape index (κ2) is 9.32. The van der Waals surface area contributed by atoms with Crippen molar-refractivity contribution < 1.29 is 4.79 Å². The summed E-state index contributed by atoms with van der Waals surface area (Å²) in [5, 5.41) is 3.30. The number of nitrogens with zero attached hydrogens (tertiary/aromatic N) is 3. The van der Waals surface area contributed by atoms with Crippen LogP contribution in [0.5, 0.6) is 0 Å². The molecule has 1 aromatic carbocycles. The maximum Gasteiger partial charge on any atom is 0.223 e. The highest BCUT2D eigenvalue weighted by Gasteiger charge is 2.23. The van der Waals surface area contributed by atoms with Crippen molar-refractivity contribution in [1.29, 1.82) is 0 Å². The third kappa shape index (κ3) is 5.53. The maximum atomic E-state index is 12.3. The maximum absolute atomic E-state index is 12.3.